The van der Waals surface area contributed by atoms with Gasteiger partial charge in [0.25, 0.3) is 10.0 Å². The molecule has 0 aromatic heterocycles. The predicted molar refractivity (Wildman–Crippen MR) is 87.8 cm³/mol. The van der Waals surface area contributed by atoms with Gasteiger partial charge in [0.05, 0.1) is 26.7 Å². The Morgan fingerprint density at radius 3 is 2.30 bits per heavy atom. The molecule has 0 radical (unpaired) electrons. The van der Waals surface area contributed by atoms with Crippen LogP contribution in [0.25, 0.3) is 0 Å². The average molecular weight is 373 g/mol. The number of hydrazone groups is 1. The first-order chi connectivity index (χ1) is 10.8. The van der Waals surface area contributed by atoms with E-state index in [0.29, 0.717) is 5.56 Å². The van der Waals surface area contributed by atoms with E-state index in [0.717, 1.165) is 0 Å². The summed E-state index contributed by atoms with van der Waals surface area (Å²) < 4.78 is 24.1. The Hall–Kier alpha value is -2.09. The molecule has 6 nitrogen and oxygen atoms in total. The Labute approximate surface area is 142 Å². The fraction of sp³-hybridized carbons (Fsp3) is 0. The molecule has 0 heterocycles. The van der Waals surface area contributed by atoms with Crippen LogP contribution in [-0.2, 0) is 10.0 Å². The van der Waals surface area contributed by atoms with Gasteiger partial charge in [-0.1, -0.05) is 35.3 Å². The predicted octanol–water partition coefficient (Wildman–Crippen LogP) is 3.00. The number of halogens is 2. The van der Waals surface area contributed by atoms with Crippen LogP contribution < -0.4 is 4.83 Å². The zero-order valence-corrected chi connectivity index (χ0v) is 13.7. The van der Waals surface area contributed by atoms with Gasteiger partial charge >= 0.3 is 5.97 Å². The Balaban J connectivity index is 2.11. The van der Waals surface area contributed by atoms with Crippen LogP contribution in [0.2, 0.25) is 10.0 Å². The van der Waals surface area contributed by atoms with E-state index in [9.17, 15) is 13.2 Å². The second kappa shape index (κ2) is 6.99. The van der Waals surface area contributed by atoms with E-state index in [1.54, 1.807) is 0 Å². The molecule has 2 aromatic rings. The molecular weight excluding hydrogens is 363 g/mol. The first-order valence-electron chi connectivity index (χ1n) is 6.13. The van der Waals surface area contributed by atoms with E-state index >= 15 is 0 Å². The third-order valence-electron chi connectivity index (χ3n) is 2.75. The zero-order chi connectivity index (χ0) is 17.0. The number of sulfonamides is 1. The number of hydrogen-bond acceptors (Lipinski definition) is 4. The number of nitrogens with zero attached hydrogens (tertiary/aromatic N) is 1. The topological polar surface area (TPSA) is 95.8 Å². The number of carboxylic acid groups (broad SMARTS) is 1. The van der Waals surface area contributed by atoms with E-state index < -0.39 is 16.0 Å². The summed E-state index contributed by atoms with van der Waals surface area (Å²) >= 11 is 11.5. The highest BCUT2D eigenvalue weighted by molar-refractivity contribution is 7.89. The van der Waals surface area contributed by atoms with Crippen molar-refractivity contribution in [3.63, 3.8) is 0 Å². The number of carboxylic acids is 1. The number of nitrogens with one attached hydrogen (secondary N) is 1. The summed E-state index contributed by atoms with van der Waals surface area (Å²) in [7, 11) is -3.88. The highest BCUT2D eigenvalue weighted by Crippen LogP contribution is 2.24. The normalized spacial score (nSPS) is 11.6. The molecule has 0 fully saturated rings. The van der Waals surface area contributed by atoms with Crippen LogP contribution in [0.1, 0.15) is 15.9 Å². The first kappa shape index (κ1) is 17.3. The molecule has 120 valence electrons. The molecule has 2 N–H and O–H groups in total. The van der Waals surface area contributed by atoms with Gasteiger partial charge in [-0.05, 0) is 35.9 Å². The van der Waals surface area contributed by atoms with E-state index in [4.69, 9.17) is 28.3 Å². The van der Waals surface area contributed by atoms with Crippen molar-refractivity contribution in [2.45, 2.75) is 4.90 Å². The van der Waals surface area contributed by atoms with Gasteiger partial charge in [-0.15, -0.1) is 0 Å². The molecule has 9 heteroatoms. The molecule has 0 aliphatic rings. The fourth-order valence-corrected chi connectivity index (χ4v) is 2.76. The van der Waals surface area contributed by atoms with Gasteiger partial charge in [0.15, 0.2) is 0 Å². The fourth-order valence-electron chi connectivity index (χ4n) is 1.58. The van der Waals surface area contributed by atoms with Gasteiger partial charge in [0.2, 0.25) is 0 Å². The highest BCUT2D eigenvalue weighted by Gasteiger charge is 2.14. The lowest BCUT2D eigenvalue weighted by molar-refractivity contribution is 0.0697. The largest absolute Gasteiger partial charge is 0.478 e. The first-order valence-corrected chi connectivity index (χ1v) is 8.37. The molecule has 0 spiro atoms. The second-order valence-electron chi connectivity index (χ2n) is 4.36. The Bertz CT molecular complexity index is 865. The minimum absolute atomic E-state index is 0.0784. The minimum Gasteiger partial charge on any atom is -0.478 e. The molecule has 23 heavy (non-hydrogen) atoms. The maximum Gasteiger partial charge on any atom is 0.335 e. The summed E-state index contributed by atoms with van der Waals surface area (Å²) in [6, 6.07) is 9.65. The van der Waals surface area contributed by atoms with Crippen LogP contribution in [0, 0.1) is 0 Å². The van der Waals surface area contributed by atoms with E-state index in [1.807, 2.05) is 4.83 Å². The molecule has 0 amide bonds. The molecule has 0 bridgehead atoms. The molecule has 0 aliphatic carbocycles. The lowest BCUT2D eigenvalue weighted by Gasteiger charge is -2.04. The minimum atomic E-state index is -3.88. The highest BCUT2D eigenvalue weighted by atomic mass is 35.5. The molecule has 2 aromatic carbocycles. The quantitative estimate of drug-likeness (QED) is 0.622. The third-order valence-corrected chi connectivity index (χ3v) is 4.70. The van der Waals surface area contributed by atoms with Crippen LogP contribution in [0.3, 0.4) is 0 Å². The van der Waals surface area contributed by atoms with Crippen molar-refractivity contribution in [2.75, 3.05) is 0 Å². The molecule has 0 unspecified atom stereocenters. The summed E-state index contributed by atoms with van der Waals surface area (Å²) in [6.45, 7) is 0. The maximum atomic E-state index is 12.0. The smallest absolute Gasteiger partial charge is 0.335 e. The van der Waals surface area contributed by atoms with Crippen LogP contribution in [0.15, 0.2) is 52.5 Å². The zero-order valence-electron chi connectivity index (χ0n) is 11.4. The van der Waals surface area contributed by atoms with E-state index in [1.165, 1.54) is 48.7 Å². The van der Waals surface area contributed by atoms with Gasteiger partial charge < -0.3 is 5.11 Å². The van der Waals surface area contributed by atoms with Crippen molar-refractivity contribution in [1.82, 2.24) is 4.83 Å². The van der Waals surface area contributed by atoms with Crippen molar-refractivity contribution in [3.05, 3.63) is 63.6 Å². The molecule has 0 saturated heterocycles. The lowest BCUT2D eigenvalue weighted by atomic mass is 10.1. The van der Waals surface area contributed by atoms with Gasteiger partial charge in [-0.3, -0.25) is 0 Å². The SMILES string of the molecule is O=C(O)c1ccc(/C=N/NS(=O)(=O)c2ccc(Cl)c(Cl)c2)cc1. The van der Waals surface area contributed by atoms with Gasteiger partial charge in [0.1, 0.15) is 0 Å². The Kier molecular flexibility index (Phi) is 5.25. The van der Waals surface area contributed by atoms with E-state index in [2.05, 4.69) is 5.10 Å². The summed E-state index contributed by atoms with van der Waals surface area (Å²) in [5, 5.41) is 12.8. The summed E-state index contributed by atoms with van der Waals surface area (Å²) in [5.74, 6) is -1.05. The maximum absolute atomic E-state index is 12.0. The molecule has 0 atom stereocenters. The number of benzene rings is 2. The summed E-state index contributed by atoms with van der Waals surface area (Å²) in [4.78, 5) is 12.7. The number of aromatic carboxylic acids is 1. The van der Waals surface area contributed by atoms with Crippen LogP contribution in [0.5, 0.6) is 0 Å². The van der Waals surface area contributed by atoms with Crippen molar-refractivity contribution in [1.29, 1.82) is 0 Å². The van der Waals surface area contributed by atoms with Crippen LogP contribution >= 0.6 is 23.2 Å². The summed E-state index contributed by atoms with van der Waals surface area (Å²) in [5.41, 5.74) is 0.658. The molecule has 0 saturated carbocycles. The van der Waals surface area contributed by atoms with Crippen molar-refractivity contribution < 1.29 is 18.3 Å². The van der Waals surface area contributed by atoms with Crippen LogP contribution in [0.4, 0.5) is 0 Å². The third kappa shape index (κ3) is 4.44. The van der Waals surface area contributed by atoms with E-state index in [-0.39, 0.29) is 20.5 Å². The van der Waals surface area contributed by atoms with Crippen molar-refractivity contribution in [2.24, 2.45) is 5.10 Å². The van der Waals surface area contributed by atoms with Gasteiger partial charge in [0, 0.05) is 0 Å². The lowest BCUT2D eigenvalue weighted by Crippen LogP contribution is -2.18. The standard InChI is InChI=1S/C14H10Cl2N2O4S/c15-12-6-5-11(7-13(12)16)23(21,22)18-17-8-9-1-3-10(4-2-9)14(19)20/h1-8,18H,(H,19,20)/b17-8+. The number of hydrogen-bond donors (Lipinski definition) is 2. The number of carbonyl (C=O) groups is 1. The molecule has 0 aliphatic heterocycles. The molecular formula is C14H10Cl2N2O4S. The number of rotatable bonds is 5. The van der Waals surface area contributed by atoms with Crippen molar-refractivity contribution >= 4 is 45.4 Å². The second-order valence-corrected chi connectivity index (χ2v) is 6.83. The van der Waals surface area contributed by atoms with Crippen molar-refractivity contribution in [3.8, 4) is 0 Å². The Morgan fingerprint density at radius 1 is 1.09 bits per heavy atom. The van der Waals surface area contributed by atoms with Gasteiger partial charge in [-0.2, -0.15) is 13.5 Å². The van der Waals surface area contributed by atoms with Crippen LogP contribution in [-0.4, -0.2) is 25.7 Å². The molecule has 2 rings (SSSR count). The van der Waals surface area contributed by atoms with Gasteiger partial charge in [-0.25, -0.2) is 9.63 Å². The monoisotopic (exact) mass is 372 g/mol. The average Bonchev–Trinajstić information content (AvgIpc) is 2.50. The summed E-state index contributed by atoms with van der Waals surface area (Å²) in [6.07, 6.45) is 1.25. The Morgan fingerprint density at radius 2 is 1.74 bits per heavy atom.